The molecule has 25 heavy (non-hydrogen) atoms. The Bertz CT molecular complexity index is 926. The number of benzene rings is 1. The van der Waals surface area contributed by atoms with Crippen LogP contribution >= 0.6 is 0 Å². The number of carbonyl (C=O) groups is 1. The lowest BCUT2D eigenvalue weighted by Gasteiger charge is -2.07. The highest BCUT2D eigenvalue weighted by atomic mass is 16.2. The second kappa shape index (κ2) is 7.79. The summed E-state index contributed by atoms with van der Waals surface area (Å²) in [5.41, 5.74) is 2.83. The molecule has 0 radical (unpaired) electrons. The number of aromatic amines is 1. The predicted molar refractivity (Wildman–Crippen MR) is 97.5 cm³/mol. The average molecular weight is 338 g/mol. The number of H-pyrrole nitrogens is 1. The van der Waals surface area contributed by atoms with Gasteiger partial charge in [0.2, 0.25) is 5.91 Å². The number of hydrogen-bond acceptors (Lipinski definition) is 3. The molecule has 0 saturated carbocycles. The number of para-hydroxylation sites is 1. The van der Waals surface area contributed by atoms with E-state index in [0.717, 1.165) is 30.5 Å². The lowest BCUT2D eigenvalue weighted by atomic mass is 10.1. The van der Waals surface area contributed by atoms with Crippen LogP contribution in [0.5, 0.6) is 0 Å². The first-order valence-electron chi connectivity index (χ1n) is 8.54. The summed E-state index contributed by atoms with van der Waals surface area (Å²) < 4.78 is 1.33. The van der Waals surface area contributed by atoms with Crippen LogP contribution in [-0.2, 0) is 24.2 Å². The van der Waals surface area contributed by atoms with Gasteiger partial charge in [-0.15, -0.1) is 0 Å². The first kappa shape index (κ1) is 17.0. The molecule has 0 fully saturated rings. The van der Waals surface area contributed by atoms with Crippen LogP contribution in [0.4, 0.5) is 0 Å². The van der Waals surface area contributed by atoms with E-state index in [1.807, 2.05) is 31.3 Å². The van der Waals surface area contributed by atoms with Crippen molar-refractivity contribution in [3.05, 3.63) is 64.5 Å². The Morgan fingerprint density at radius 1 is 1.28 bits per heavy atom. The Hall–Kier alpha value is -2.89. The van der Waals surface area contributed by atoms with Gasteiger partial charge in [-0.25, -0.2) is 4.98 Å². The van der Waals surface area contributed by atoms with E-state index >= 15 is 0 Å². The molecule has 6 nitrogen and oxygen atoms in total. The summed E-state index contributed by atoms with van der Waals surface area (Å²) in [6, 6.07) is 9.58. The van der Waals surface area contributed by atoms with Gasteiger partial charge in [-0.2, -0.15) is 0 Å². The van der Waals surface area contributed by atoms with Gasteiger partial charge in [0.05, 0.1) is 6.33 Å². The molecule has 0 unspecified atom stereocenters. The molecule has 0 atom stereocenters. The fourth-order valence-electron chi connectivity index (χ4n) is 2.86. The number of aryl methyl sites for hydroxylation is 1. The Morgan fingerprint density at radius 2 is 2.12 bits per heavy atom. The highest BCUT2D eigenvalue weighted by Gasteiger charge is 2.07. The van der Waals surface area contributed by atoms with Crippen LogP contribution in [0.15, 0.2) is 47.7 Å². The molecule has 0 saturated heterocycles. The Labute approximate surface area is 145 Å². The standard InChI is InChI=1S/C19H22N4O2/c1-2-5-15-10-19(25)23(13-22-15)12-18(24)20-9-8-14-11-21-17-7-4-3-6-16(14)17/h3-4,6-7,10-11,13,21H,2,5,8-9,12H2,1H3,(H,20,24). The van der Waals surface area contributed by atoms with E-state index in [1.165, 1.54) is 27.9 Å². The molecule has 2 aromatic heterocycles. The molecule has 2 heterocycles. The van der Waals surface area contributed by atoms with E-state index in [-0.39, 0.29) is 18.0 Å². The molecule has 3 rings (SSSR count). The number of nitrogens with one attached hydrogen (secondary N) is 2. The molecular formula is C19H22N4O2. The first-order valence-corrected chi connectivity index (χ1v) is 8.54. The highest BCUT2D eigenvalue weighted by molar-refractivity contribution is 5.83. The van der Waals surface area contributed by atoms with Crippen molar-refractivity contribution in [1.82, 2.24) is 19.9 Å². The van der Waals surface area contributed by atoms with Crippen LogP contribution in [0, 0.1) is 0 Å². The van der Waals surface area contributed by atoms with Gasteiger partial charge >= 0.3 is 0 Å². The van der Waals surface area contributed by atoms with Crippen LogP contribution in [0.25, 0.3) is 10.9 Å². The van der Waals surface area contributed by atoms with Gasteiger partial charge in [-0.1, -0.05) is 31.5 Å². The molecule has 1 aromatic carbocycles. The van der Waals surface area contributed by atoms with Crippen LogP contribution in [-0.4, -0.2) is 27.0 Å². The topological polar surface area (TPSA) is 79.8 Å². The summed E-state index contributed by atoms with van der Waals surface area (Å²) in [7, 11) is 0. The SMILES string of the molecule is CCCc1cc(=O)n(CC(=O)NCCc2c[nH]c3ccccc23)cn1. The van der Waals surface area contributed by atoms with Gasteiger partial charge in [0.25, 0.3) is 5.56 Å². The Morgan fingerprint density at radius 3 is 2.92 bits per heavy atom. The van der Waals surface area contributed by atoms with Gasteiger partial charge in [-0.3, -0.25) is 14.2 Å². The van der Waals surface area contributed by atoms with Crippen molar-refractivity contribution < 1.29 is 4.79 Å². The maximum Gasteiger partial charge on any atom is 0.253 e. The summed E-state index contributed by atoms with van der Waals surface area (Å²) in [5, 5.41) is 4.03. The van der Waals surface area contributed by atoms with Gasteiger partial charge in [0.1, 0.15) is 6.54 Å². The van der Waals surface area contributed by atoms with Crippen molar-refractivity contribution >= 4 is 16.8 Å². The quantitative estimate of drug-likeness (QED) is 0.692. The van der Waals surface area contributed by atoms with E-state index in [9.17, 15) is 9.59 Å². The van der Waals surface area contributed by atoms with Crippen LogP contribution < -0.4 is 10.9 Å². The number of hydrogen-bond donors (Lipinski definition) is 2. The maximum atomic E-state index is 12.1. The summed E-state index contributed by atoms with van der Waals surface area (Å²) in [6.45, 7) is 2.55. The number of nitrogens with zero attached hydrogens (tertiary/aromatic N) is 2. The molecule has 0 aliphatic rings. The normalized spacial score (nSPS) is 10.9. The molecule has 0 bridgehead atoms. The van der Waals surface area contributed by atoms with E-state index in [1.54, 1.807) is 0 Å². The van der Waals surface area contributed by atoms with Crippen LogP contribution in [0.3, 0.4) is 0 Å². The van der Waals surface area contributed by atoms with Crippen LogP contribution in [0.2, 0.25) is 0 Å². The lowest BCUT2D eigenvalue weighted by molar-refractivity contribution is -0.121. The molecule has 130 valence electrons. The maximum absolute atomic E-state index is 12.1. The fourth-order valence-corrected chi connectivity index (χ4v) is 2.86. The molecule has 0 aliphatic heterocycles. The monoisotopic (exact) mass is 338 g/mol. The third-order valence-corrected chi connectivity index (χ3v) is 4.15. The number of rotatable bonds is 7. The third-order valence-electron chi connectivity index (χ3n) is 4.15. The Kier molecular flexibility index (Phi) is 5.28. The van der Waals surface area contributed by atoms with E-state index in [2.05, 4.69) is 21.4 Å². The van der Waals surface area contributed by atoms with Gasteiger partial charge in [0, 0.05) is 35.4 Å². The van der Waals surface area contributed by atoms with Crippen molar-refractivity contribution in [2.75, 3.05) is 6.54 Å². The fraction of sp³-hybridized carbons (Fsp3) is 0.316. The zero-order valence-corrected chi connectivity index (χ0v) is 14.3. The van der Waals surface area contributed by atoms with Gasteiger partial charge in [-0.05, 0) is 24.5 Å². The van der Waals surface area contributed by atoms with Crippen molar-refractivity contribution in [1.29, 1.82) is 0 Å². The first-order chi connectivity index (χ1) is 12.2. The van der Waals surface area contributed by atoms with E-state index in [0.29, 0.717) is 6.54 Å². The molecule has 0 spiro atoms. The Balaban J connectivity index is 1.54. The van der Waals surface area contributed by atoms with Crippen molar-refractivity contribution in [3.63, 3.8) is 0 Å². The van der Waals surface area contributed by atoms with E-state index < -0.39 is 0 Å². The lowest BCUT2D eigenvalue weighted by Crippen LogP contribution is -2.33. The number of carbonyl (C=O) groups excluding carboxylic acids is 1. The molecule has 6 heteroatoms. The van der Waals surface area contributed by atoms with Gasteiger partial charge < -0.3 is 10.3 Å². The smallest absolute Gasteiger partial charge is 0.253 e. The van der Waals surface area contributed by atoms with Crippen molar-refractivity contribution in [2.24, 2.45) is 0 Å². The number of amides is 1. The second-order valence-corrected chi connectivity index (χ2v) is 6.06. The summed E-state index contributed by atoms with van der Waals surface area (Å²) >= 11 is 0. The third kappa shape index (κ3) is 4.15. The number of aromatic nitrogens is 3. The number of fused-ring (bicyclic) bond motifs is 1. The highest BCUT2D eigenvalue weighted by Crippen LogP contribution is 2.17. The molecular weight excluding hydrogens is 316 g/mol. The predicted octanol–water partition coefficient (Wildman–Crippen LogP) is 2.04. The minimum Gasteiger partial charge on any atom is -0.361 e. The van der Waals surface area contributed by atoms with Crippen LogP contribution in [0.1, 0.15) is 24.6 Å². The molecule has 3 aromatic rings. The van der Waals surface area contributed by atoms with E-state index in [4.69, 9.17) is 0 Å². The molecule has 1 amide bonds. The zero-order chi connectivity index (χ0) is 17.6. The van der Waals surface area contributed by atoms with Gasteiger partial charge in [0.15, 0.2) is 0 Å². The van der Waals surface area contributed by atoms with Crippen molar-refractivity contribution in [2.45, 2.75) is 32.7 Å². The van der Waals surface area contributed by atoms with Crippen molar-refractivity contribution in [3.8, 4) is 0 Å². The minimum absolute atomic E-state index is 0.00781. The summed E-state index contributed by atoms with van der Waals surface area (Å²) in [6.07, 6.45) is 5.86. The summed E-state index contributed by atoms with van der Waals surface area (Å²) in [4.78, 5) is 31.5. The molecule has 2 N–H and O–H groups in total. The molecule has 0 aliphatic carbocycles. The average Bonchev–Trinajstić information content (AvgIpc) is 3.01. The second-order valence-electron chi connectivity index (χ2n) is 6.06. The summed E-state index contributed by atoms with van der Waals surface area (Å²) in [5.74, 6) is -0.188. The zero-order valence-electron chi connectivity index (χ0n) is 14.3. The largest absolute Gasteiger partial charge is 0.361 e. The minimum atomic E-state index is -0.190.